The van der Waals surface area contributed by atoms with Crippen LogP contribution in [0.5, 0.6) is 0 Å². The Morgan fingerprint density at radius 2 is 2.35 bits per heavy atom. The number of ether oxygens (including phenoxy) is 1. The van der Waals surface area contributed by atoms with Crippen LogP contribution in [0.1, 0.15) is 31.7 Å². The second-order valence-electron chi connectivity index (χ2n) is 3.76. The first-order valence-corrected chi connectivity index (χ1v) is 5.42. The van der Waals surface area contributed by atoms with Crippen molar-refractivity contribution in [3.05, 3.63) is 11.9 Å². The number of amides is 1. The molecule has 0 saturated heterocycles. The molecule has 1 heterocycles. The number of carbonyl (C=O) groups is 1. The highest BCUT2D eigenvalue weighted by Gasteiger charge is 2.17. The zero-order valence-electron chi connectivity index (χ0n) is 10.3. The summed E-state index contributed by atoms with van der Waals surface area (Å²) in [6.07, 6.45) is 0.873. The number of aromatic nitrogens is 3. The summed E-state index contributed by atoms with van der Waals surface area (Å²) in [5.41, 5.74) is 0.446. The Morgan fingerprint density at radius 1 is 1.65 bits per heavy atom. The molecule has 0 spiro atoms. The predicted molar refractivity (Wildman–Crippen MR) is 60.3 cm³/mol. The van der Waals surface area contributed by atoms with Gasteiger partial charge in [0.1, 0.15) is 11.7 Å². The number of aliphatic hydroxyl groups excluding tert-OH is 1. The first-order valence-electron chi connectivity index (χ1n) is 5.42. The Hall–Kier alpha value is -1.47. The van der Waals surface area contributed by atoms with Gasteiger partial charge in [-0.1, -0.05) is 5.21 Å². The van der Waals surface area contributed by atoms with Crippen LogP contribution >= 0.6 is 0 Å². The van der Waals surface area contributed by atoms with Crippen LogP contribution in [0.15, 0.2) is 6.20 Å². The molecule has 0 fully saturated rings. The maximum absolute atomic E-state index is 11.7. The molecule has 0 radical (unpaired) electrons. The lowest BCUT2D eigenvalue weighted by molar-refractivity contribution is -0.124. The lowest BCUT2D eigenvalue weighted by atomic mass is 10.3. The summed E-state index contributed by atoms with van der Waals surface area (Å²) in [7, 11) is 1.57. The lowest BCUT2D eigenvalue weighted by Crippen LogP contribution is -2.33. The molecule has 17 heavy (non-hydrogen) atoms. The van der Waals surface area contributed by atoms with Crippen LogP contribution < -0.4 is 5.32 Å². The van der Waals surface area contributed by atoms with E-state index in [9.17, 15) is 9.90 Å². The number of aliphatic hydroxyl groups is 1. The molecular weight excluding hydrogens is 224 g/mol. The quantitative estimate of drug-likeness (QED) is 0.666. The monoisotopic (exact) mass is 242 g/mol. The van der Waals surface area contributed by atoms with E-state index in [4.69, 9.17) is 4.74 Å². The number of methoxy groups -OCH3 is 1. The highest BCUT2D eigenvalue weighted by atomic mass is 16.5. The summed E-state index contributed by atoms with van der Waals surface area (Å²) < 4.78 is 6.25. The van der Waals surface area contributed by atoms with E-state index < -0.39 is 12.1 Å². The van der Waals surface area contributed by atoms with Crippen LogP contribution in [0.3, 0.4) is 0 Å². The van der Waals surface area contributed by atoms with Gasteiger partial charge in [0, 0.05) is 13.7 Å². The lowest BCUT2D eigenvalue weighted by Gasteiger charge is -2.11. The summed E-state index contributed by atoms with van der Waals surface area (Å²) in [6, 6.07) is -0.466. The van der Waals surface area contributed by atoms with Crippen LogP contribution in [-0.2, 0) is 9.53 Å². The number of hydrogen-bond donors (Lipinski definition) is 2. The molecule has 2 atom stereocenters. The Balaban J connectivity index is 2.55. The fourth-order valence-corrected chi connectivity index (χ4v) is 1.22. The Bertz CT molecular complexity index is 364. The summed E-state index contributed by atoms with van der Waals surface area (Å²) in [5.74, 6) is -0.163. The standard InChI is InChI=1S/C10H18N4O3/c1-7(10(16)11-4-5-17-3)14-6-9(8(2)15)12-13-14/h6-8,15H,4-5H2,1-3H3,(H,11,16). The SMILES string of the molecule is COCCNC(=O)C(C)n1cc(C(C)O)nn1. The minimum Gasteiger partial charge on any atom is -0.387 e. The van der Waals surface area contributed by atoms with E-state index in [2.05, 4.69) is 15.6 Å². The molecule has 1 amide bonds. The maximum Gasteiger partial charge on any atom is 0.244 e. The minimum atomic E-state index is -0.687. The maximum atomic E-state index is 11.7. The van der Waals surface area contributed by atoms with Crippen molar-refractivity contribution in [3.63, 3.8) is 0 Å². The van der Waals surface area contributed by atoms with Gasteiger partial charge in [-0.25, -0.2) is 4.68 Å². The summed E-state index contributed by atoms with van der Waals surface area (Å²) >= 11 is 0. The van der Waals surface area contributed by atoms with E-state index in [0.29, 0.717) is 18.8 Å². The van der Waals surface area contributed by atoms with Gasteiger partial charge in [0.15, 0.2) is 0 Å². The first-order chi connectivity index (χ1) is 8.06. The Morgan fingerprint density at radius 3 is 2.88 bits per heavy atom. The molecule has 1 aromatic rings. The smallest absolute Gasteiger partial charge is 0.244 e. The number of nitrogens with one attached hydrogen (secondary N) is 1. The molecular formula is C10H18N4O3. The second kappa shape index (κ2) is 6.31. The van der Waals surface area contributed by atoms with Crippen molar-refractivity contribution in [2.24, 2.45) is 0 Å². The number of hydrogen-bond acceptors (Lipinski definition) is 5. The zero-order valence-corrected chi connectivity index (χ0v) is 10.3. The third-order valence-corrected chi connectivity index (χ3v) is 2.34. The van der Waals surface area contributed by atoms with Crippen molar-refractivity contribution in [2.75, 3.05) is 20.3 Å². The second-order valence-corrected chi connectivity index (χ2v) is 3.76. The predicted octanol–water partition coefficient (Wildman–Crippen LogP) is -0.345. The van der Waals surface area contributed by atoms with Crippen molar-refractivity contribution in [1.82, 2.24) is 20.3 Å². The zero-order chi connectivity index (χ0) is 12.8. The molecule has 2 unspecified atom stereocenters. The number of nitrogens with zero attached hydrogens (tertiary/aromatic N) is 3. The fraction of sp³-hybridized carbons (Fsp3) is 0.700. The molecule has 0 aliphatic rings. The summed E-state index contributed by atoms with van der Waals surface area (Å²) in [5, 5.41) is 19.6. The molecule has 0 aliphatic heterocycles. The van der Waals surface area contributed by atoms with Gasteiger partial charge in [-0.3, -0.25) is 4.79 Å². The van der Waals surface area contributed by atoms with Gasteiger partial charge in [0.25, 0.3) is 0 Å². The van der Waals surface area contributed by atoms with Gasteiger partial charge >= 0.3 is 0 Å². The average Bonchev–Trinajstić information content (AvgIpc) is 2.77. The highest BCUT2D eigenvalue weighted by molar-refractivity contribution is 5.79. The van der Waals surface area contributed by atoms with Crippen molar-refractivity contribution >= 4 is 5.91 Å². The highest BCUT2D eigenvalue weighted by Crippen LogP contribution is 2.10. The number of carbonyl (C=O) groups excluding carboxylic acids is 1. The van der Waals surface area contributed by atoms with Crippen molar-refractivity contribution in [3.8, 4) is 0 Å². The van der Waals surface area contributed by atoms with Gasteiger partial charge < -0.3 is 15.2 Å². The fourth-order valence-electron chi connectivity index (χ4n) is 1.22. The molecule has 7 heteroatoms. The van der Waals surface area contributed by atoms with Crippen molar-refractivity contribution in [1.29, 1.82) is 0 Å². The summed E-state index contributed by atoms with van der Waals surface area (Å²) in [6.45, 7) is 4.23. The third kappa shape index (κ3) is 3.79. The number of rotatable bonds is 6. The Labute approximate surface area is 99.8 Å². The molecule has 0 aliphatic carbocycles. The van der Waals surface area contributed by atoms with Crippen LogP contribution in [0, 0.1) is 0 Å². The minimum absolute atomic E-state index is 0.163. The molecule has 1 aromatic heterocycles. The molecule has 0 bridgehead atoms. The van der Waals surface area contributed by atoms with E-state index in [1.165, 1.54) is 4.68 Å². The van der Waals surface area contributed by atoms with Crippen LogP contribution in [0.25, 0.3) is 0 Å². The van der Waals surface area contributed by atoms with E-state index in [-0.39, 0.29) is 5.91 Å². The average molecular weight is 242 g/mol. The van der Waals surface area contributed by atoms with Gasteiger partial charge in [-0.2, -0.15) is 0 Å². The van der Waals surface area contributed by atoms with Crippen LogP contribution in [0.2, 0.25) is 0 Å². The normalized spacial score (nSPS) is 14.4. The van der Waals surface area contributed by atoms with E-state index in [1.54, 1.807) is 27.2 Å². The molecule has 0 saturated carbocycles. The topological polar surface area (TPSA) is 89.3 Å². The van der Waals surface area contributed by atoms with E-state index in [1.807, 2.05) is 0 Å². The molecule has 96 valence electrons. The largest absolute Gasteiger partial charge is 0.387 e. The van der Waals surface area contributed by atoms with Crippen molar-refractivity contribution in [2.45, 2.75) is 26.0 Å². The van der Waals surface area contributed by atoms with Gasteiger partial charge in [-0.15, -0.1) is 5.10 Å². The van der Waals surface area contributed by atoms with Gasteiger partial charge in [0.05, 0.1) is 18.9 Å². The molecule has 1 rings (SSSR count). The molecule has 2 N–H and O–H groups in total. The van der Waals surface area contributed by atoms with E-state index >= 15 is 0 Å². The van der Waals surface area contributed by atoms with Crippen molar-refractivity contribution < 1.29 is 14.6 Å². The van der Waals surface area contributed by atoms with E-state index in [0.717, 1.165) is 0 Å². The third-order valence-electron chi connectivity index (χ3n) is 2.34. The first kappa shape index (κ1) is 13.6. The van der Waals surface area contributed by atoms with Gasteiger partial charge in [0.2, 0.25) is 5.91 Å². The molecule has 0 aromatic carbocycles. The van der Waals surface area contributed by atoms with Gasteiger partial charge in [-0.05, 0) is 13.8 Å². The Kier molecular flexibility index (Phi) is 5.05. The summed E-state index contributed by atoms with van der Waals surface area (Å²) in [4.78, 5) is 11.7. The van der Waals surface area contributed by atoms with Crippen LogP contribution in [0.4, 0.5) is 0 Å². The molecule has 7 nitrogen and oxygen atoms in total. The van der Waals surface area contributed by atoms with Crippen LogP contribution in [-0.4, -0.2) is 46.3 Å².